The lowest BCUT2D eigenvalue weighted by Gasteiger charge is -2.39. The molecule has 0 bridgehead atoms. The highest BCUT2D eigenvalue weighted by Gasteiger charge is 2.29. The summed E-state index contributed by atoms with van der Waals surface area (Å²) in [5, 5.41) is 6.41. The van der Waals surface area contributed by atoms with Gasteiger partial charge in [0, 0.05) is 23.7 Å². The smallest absolute Gasteiger partial charge is 0.224 e. The minimum absolute atomic E-state index is 0.0333. The molecule has 98 valence electrons. The molecule has 0 aromatic carbocycles. The molecule has 0 aliphatic carbocycles. The Balaban J connectivity index is 2.13. The molecule has 2 rings (SSSR count). The molecule has 6 heteroatoms. The van der Waals surface area contributed by atoms with Crippen LogP contribution in [0, 0.1) is 5.82 Å². The van der Waals surface area contributed by atoms with E-state index in [4.69, 9.17) is 11.6 Å². The van der Waals surface area contributed by atoms with E-state index in [2.05, 4.69) is 41.0 Å². The van der Waals surface area contributed by atoms with E-state index in [1.165, 1.54) is 0 Å². The lowest BCUT2D eigenvalue weighted by atomic mass is 9.88. The molecule has 18 heavy (non-hydrogen) atoms. The normalized spacial score (nSPS) is 22.4. The zero-order valence-corrected chi connectivity index (χ0v) is 11.2. The first-order chi connectivity index (χ1) is 8.35. The summed E-state index contributed by atoms with van der Waals surface area (Å²) in [6.45, 7) is 8.10. The van der Waals surface area contributed by atoms with Gasteiger partial charge in [0.25, 0.3) is 0 Å². The summed E-state index contributed by atoms with van der Waals surface area (Å²) >= 11 is 5.66. The minimum Gasteiger partial charge on any atom is -0.384 e. The molecule has 1 aliphatic rings. The molecular weight excluding hydrogens is 255 g/mol. The summed E-state index contributed by atoms with van der Waals surface area (Å²) in [6.07, 6.45) is 2.64. The topological polar surface area (TPSA) is 49.8 Å². The third kappa shape index (κ3) is 3.10. The quantitative estimate of drug-likeness (QED) is 0.812. The minimum atomic E-state index is -0.499. The van der Waals surface area contributed by atoms with Gasteiger partial charge in [-0.05, 0) is 31.9 Å². The molecule has 0 radical (unpaired) electrons. The van der Waals surface area contributed by atoms with Crippen molar-refractivity contribution in [2.24, 2.45) is 0 Å². The van der Waals surface area contributed by atoms with E-state index in [0.29, 0.717) is 0 Å². The van der Waals surface area contributed by atoms with Crippen LogP contribution in [-0.4, -0.2) is 21.5 Å². The van der Waals surface area contributed by atoms with Crippen molar-refractivity contribution in [3.05, 3.63) is 29.6 Å². The SMILES string of the molecule is C=C1CC(Nc2nc(Cl)ncc2F)CC(C)(C)N1. The van der Waals surface area contributed by atoms with Crippen molar-refractivity contribution >= 4 is 17.4 Å². The van der Waals surface area contributed by atoms with E-state index < -0.39 is 5.82 Å². The number of rotatable bonds is 2. The number of hydrogen-bond donors (Lipinski definition) is 2. The van der Waals surface area contributed by atoms with Crippen LogP contribution in [-0.2, 0) is 0 Å². The average Bonchev–Trinajstić information content (AvgIpc) is 2.20. The Bertz CT molecular complexity index is 475. The predicted octanol–water partition coefficient (Wildman–Crippen LogP) is 2.73. The van der Waals surface area contributed by atoms with Gasteiger partial charge < -0.3 is 10.6 Å². The van der Waals surface area contributed by atoms with Gasteiger partial charge in [0.2, 0.25) is 5.28 Å². The second kappa shape index (κ2) is 4.72. The summed E-state index contributed by atoms with van der Waals surface area (Å²) < 4.78 is 13.5. The Hall–Kier alpha value is -1.36. The summed E-state index contributed by atoms with van der Waals surface area (Å²) in [7, 11) is 0. The number of halogens is 2. The van der Waals surface area contributed by atoms with Crippen LogP contribution in [0.25, 0.3) is 0 Å². The van der Waals surface area contributed by atoms with E-state index in [1.54, 1.807) is 0 Å². The Kier molecular flexibility index (Phi) is 3.43. The average molecular weight is 271 g/mol. The first-order valence-corrected chi connectivity index (χ1v) is 6.14. The lowest BCUT2D eigenvalue weighted by Crippen LogP contribution is -2.48. The van der Waals surface area contributed by atoms with E-state index in [1.807, 2.05) is 0 Å². The lowest BCUT2D eigenvalue weighted by molar-refractivity contribution is 0.323. The second-order valence-electron chi connectivity index (χ2n) is 5.20. The van der Waals surface area contributed by atoms with Crippen LogP contribution in [0.2, 0.25) is 5.28 Å². The van der Waals surface area contributed by atoms with Crippen molar-refractivity contribution in [2.75, 3.05) is 5.32 Å². The molecule has 0 spiro atoms. The standard InChI is InChI=1S/C12H16ClFN4/c1-7-4-8(5-12(2,3)18-7)16-10-9(14)6-15-11(13)17-10/h6,8,18H,1,4-5H2,2-3H3,(H,15,16,17). The van der Waals surface area contributed by atoms with Gasteiger partial charge in [-0.25, -0.2) is 9.37 Å². The third-order valence-corrected chi connectivity index (χ3v) is 3.00. The van der Waals surface area contributed by atoms with Crippen molar-refractivity contribution < 1.29 is 4.39 Å². The molecule has 0 amide bonds. The van der Waals surface area contributed by atoms with E-state index in [0.717, 1.165) is 24.7 Å². The Labute approximate surface area is 111 Å². The predicted molar refractivity (Wildman–Crippen MR) is 70.0 cm³/mol. The highest BCUT2D eigenvalue weighted by Crippen LogP contribution is 2.26. The van der Waals surface area contributed by atoms with Gasteiger partial charge in [0.15, 0.2) is 11.6 Å². The molecule has 4 nitrogen and oxygen atoms in total. The molecule has 1 aromatic heterocycles. The van der Waals surface area contributed by atoms with E-state index in [-0.39, 0.29) is 22.7 Å². The largest absolute Gasteiger partial charge is 0.384 e. The Morgan fingerprint density at radius 1 is 1.61 bits per heavy atom. The number of hydrogen-bond acceptors (Lipinski definition) is 4. The number of nitrogens with zero attached hydrogens (tertiary/aromatic N) is 2. The number of anilines is 1. The first kappa shape index (κ1) is 13.1. The zero-order chi connectivity index (χ0) is 13.3. The van der Waals surface area contributed by atoms with E-state index in [9.17, 15) is 4.39 Å². The van der Waals surface area contributed by atoms with Crippen molar-refractivity contribution in [2.45, 2.75) is 38.3 Å². The Morgan fingerprint density at radius 2 is 2.33 bits per heavy atom. The van der Waals surface area contributed by atoms with Gasteiger partial charge in [0.1, 0.15) is 0 Å². The molecule has 1 saturated heterocycles. The van der Waals surface area contributed by atoms with Crippen LogP contribution < -0.4 is 10.6 Å². The van der Waals surface area contributed by atoms with Crippen LogP contribution in [0.3, 0.4) is 0 Å². The fraction of sp³-hybridized carbons (Fsp3) is 0.500. The molecule has 2 heterocycles. The van der Waals surface area contributed by atoms with Crippen molar-refractivity contribution in [3.63, 3.8) is 0 Å². The fourth-order valence-corrected chi connectivity index (χ4v) is 2.44. The van der Waals surface area contributed by atoms with Gasteiger partial charge in [-0.2, -0.15) is 4.98 Å². The van der Waals surface area contributed by atoms with Gasteiger partial charge >= 0.3 is 0 Å². The monoisotopic (exact) mass is 270 g/mol. The molecule has 1 aromatic rings. The van der Waals surface area contributed by atoms with E-state index >= 15 is 0 Å². The number of piperidine rings is 1. The second-order valence-corrected chi connectivity index (χ2v) is 5.54. The maximum absolute atomic E-state index is 13.5. The molecule has 2 N–H and O–H groups in total. The number of nitrogens with one attached hydrogen (secondary N) is 2. The zero-order valence-electron chi connectivity index (χ0n) is 10.4. The van der Waals surface area contributed by atoms with Gasteiger partial charge in [0.05, 0.1) is 6.20 Å². The first-order valence-electron chi connectivity index (χ1n) is 5.76. The van der Waals surface area contributed by atoms with Crippen LogP contribution in [0.1, 0.15) is 26.7 Å². The maximum Gasteiger partial charge on any atom is 0.224 e. The summed E-state index contributed by atoms with van der Waals surface area (Å²) in [5.74, 6) is -0.355. The van der Waals surface area contributed by atoms with Crippen molar-refractivity contribution in [3.8, 4) is 0 Å². The summed E-state index contributed by atoms with van der Waals surface area (Å²) in [4.78, 5) is 7.44. The molecular formula is C12H16ClFN4. The van der Waals surface area contributed by atoms with Gasteiger partial charge in [-0.1, -0.05) is 6.58 Å². The Morgan fingerprint density at radius 3 is 3.00 bits per heavy atom. The van der Waals surface area contributed by atoms with Crippen LogP contribution >= 0.6 is 11.6 Å². The molecule has 1 aliphatic heterocycles. The van der Waals surface area contributed by atoms with Crippen molar-refractivity contribution in [1.82, 2.24) is 15.3 Å². The summed E-state index contributed by atoms with van der Waals surface area (Å²) in [6, 6.07) is 0.0780. The van der Waals surface area contributed by atoms with Crippen LogP contribution in [0.5, 0.6) is 0 Å². The van der Waals surface area contributed by atoms with Crippen LogP contribution in [0.4, 0.5) is 10.2 Å². The van der Waals surface area contributed by atoms with Crippen LogP contribution in [0.15, 0.2) is 18.5 Å². The molecule has 0 saturated carbocycles. The molecule has 1 fully saturated rings. The molecule has 1 atom stereocenters. The maximum atomic E-state index is 13.5. The summed E-state index contributed by atoms with van der Waals surface area (Å²) in [5.41, 5.74) is 0.865. The highest BCUT2D eigenvalue weighted by atomic mass is 35.5. The third-order valence-electron chi connectivity index (χ3n) is 2.82. The highest BCUT2D eigenvalue weighted by molar-refractivity contribution is 6.28. The van der Waals surface area contributed by atoms with Gasteiger partial charge in [-0.3, -0.25) is 0 Å². The van der Waals surface area contributed by atoms with Gasteiger partial charge in [-0.15, -0.1) is 0 Å². The fourth-order valence-electron chi connectivity index (χ4n) is 2.31. The molecule has 1 unspecified atom stereocenters. The van der Waals surface area contributed by atoms with Crippen molar-refractivity contribution in [1.29, 1.82) is 0 Å². The number of aromatic nitrogens is 2.